The average Bonchev–Trinajstić information content (AvgIpc) is 2.96. The van der Waals surface area contributed by atoms with Crippen LogP contribution in [-0.2, 0) is 0 Å². The molecule has 0 spiro atoms. The van der Waals surface area contributed by atoms with Gasteiger partial charge < -0.3 is 11.1 Å². The van der Waals surface area contributed by atoms with E-state index in [9.17, 15) is 0 Å². The van der Waals surface area contributed by atoms with Gasteiger partial charge in [0.2, 0.25) is 0 Å². The Hall–Kier alpha value is -0.700. The van der Waals surface area contributed by atoms with Gasteiger partial charge in [-0.1, -0.05) is 22.4 Å². The van der Waals surface area contributed by atoms with Crippen molar-refractivity contribution in [3.63, 3.8) is 0 Å². The molecular formula is C15H21BrN2. The summed E-state index contributed by atoms with van der Waals surface area (Å²) in [5, 5.41) is 3.62. The van der Waals surface area contributed by atoms with E-state index in [1.165, 1.54) is 25.7 Å². The summed E-state index contributed by atoms with van der Waals surface area (Å²) in [6.45, 7) is 2.31. The number of nitrogen functional groups attached to an aromatic ring is 1. The summed E-state index contributed by atoms with van der Waals surface area (Å²) in [4.78, 5) is 0. The zero-order valence-corrected chi connectivity index (χ0v) is 12.4. The first-order valence-corrected chi connectivity index (χ1v) is 7.74. The molecular weight excluding hydrogens is 288 g/mol. The predicted octanol–water partition coefficient (Wildman–Crippen LogP) is 4.27. The first kappa shape index (κ1) is 12.3. The van der Waals surface area contributed by atoms with Gasteiger partial charge in [-0.2, -0.15) is 0 Å². The van der Waals surface area contributed by atoms with Crippen LogP contribution in [-0.4, -0.2) is 6.04 Å². The second kappa shape index (κ2) is 4.76. The van der Waals surface area contributed by atoms with Crippen LogP contribution in [0.2, 0.25) is 0 Å². The number of nitrogens with two attached hydrogens (primary N) is 1. The van der Waals surface area contributed by atoms with E-state index in [0.717, 1.165) is 33.6 Å². The van der Waals surface area contributed by atoms with Gasteiger partial charge in [0.15, 0.2) is 0 Å². The highest BCUT2D eigenvalue weighted by Gasteiger charge is 2.41. The van der Waals surface area contributed by atoms with E-state index >= 15 is 0 Å². The van der Waals surface area contributed by atoms with Crippen LogP contribution in [0.3, 0.4) is 0 Å². The molecule has 0 radical (unpaired) electrons. The van der Waals surface area contributed by atoms with Gasteiger partial charge in [0, 0.05) is 10.5 Å². The zero-order valence-electron chi connectivity index (χ0n) is 10.8. The van der Waals surface area contributed by atoms with Crippen molar-refractivity contribution in [3.05, 3.63) is 22.7 Å². The fourth-order valence-electron chi connectivity index (χ4n) is 3.91. The maximum atomic E-state index is 6.03. The summed E-state index contributed by atoms with van der Waals surface area (Å²) in [5.41, 5.74) is 7.94. The van der Waals surface area contributed by atoms with Crippen LogP contribution in [0.5, 0.6) is 0 Å². The van der Waals surface area contributed by atoms with Crippen molar-refractivity contribution in [1.82, 2.24) is 0 Å². The summed E-state index contributed by atoms with van der Waals surface area (Å²) in [6.07, 6.45) is 5.78. The molecule has 2 aliphatic carbocycles. The molecule has 2 fully saturated rings. The molecule has 0 heterocycles. The monoisotopic (exact) mass is 308 g/mol. The van der Waals surface area contributed by atoms with Gasteiger partial charge in [0.25, 0.3) is 0 Å². The Morgan fingerprint density at radius 1 is 1.33 bits per heavy atom. The van der Waals surface area contributed by atoms with Crippen molar-refractivity contribution >= 4 is 27.3 Å². The minimum atomic E-state index is 0.525. The molecule has 4 atom stereocenters. The fourth-order valence-corrected chi connectivity index (χ4v) is 4.27. The van der Waals surface area contributed by atoms with Crippen LogP contribution in [0.15, 0.2) is 22.7 Å². The van der Waals surface area contributed by atoms with Crippen LogP contribution in [0.1, 0.15) is 32.6 Å². The fraction of sp³-hybridized carbons (Fsp3) is 0.600. The normalized spacial score (nSPS) is 31.6. The van der Waals surface area contributed by atoms with Crippen molar-refractivity contribution in [2.45, 2.75) is 38.6 Å². The molecule has 0 saturated heterocycles. The van der Waals surface area contributed by atoms with Gasteiger partial charge in [-0.3, -0.25) is 0 Å². The number of anilines is 2. The van der Waals surface area contributed by atoms with Crippen LogP contribution in [0.4, 0.5) is 11.4 Å². The third kappa shape index (κ3) is 2.25. The summed E-state index contributed by atoms with van der Waals surface area (Å²) in [7, 11) is 0. The van der Waals surface area contributed by atoms with Crippen molar-refractivity contribution in [2.24, 2.45) is 17.8 Å². The first-order chi connectivity index (χ1) is 8.63. The lowest BCUT2D eigenvalue weighted by Gasteiger charge is -2.29. The smallest absolute Gasteiger partial charge is 0.0587 e. The molecule has 1 aromatic rings. The summed E-state index contributed by atoms with van der Waals surface area (Å²) >= 11 is 3.51. The molecule has 3 heteroatoms. The highest BCUT2D eigenvalue weighted by atomic mass is 79.9. The Morgan fingerprint density at radius 3 is 2.83 bits per heavy atom. The molecule has 1 aromatic carbocycles. The van der Waals surface area contributed by atoms with E-state index in [-0.39, 0.29) is 0 Å². The average molecular weight is 309 g/mol. The van der Waals surface area contributed by atoms with E-state index in [2.05, 4.69) is 34.2 Å². The Kier molecular flexibility index (Phi) is 3.27. The first-order valence-electron chi connectivity index (χ1n) is 6.95. The third-order valence-corrected chi connectivity index (χ3v) is 5.33. The highest BCUT2D eigenvalue weighted by Crippen LogP contribution is 2.50. The highest BCUT2D eigenvalue weighted by molar-refractivity contribution is 9.10. The number of hydrogen-bond donors (Lipinski definition) is 2. The maximum Gasteiger partial charge on any atom is 0.0587 e. The molecule has 4 unspecified atom stereocenters. The van der Waals surface area contributed by atoms with E-state index in [1.54, 1.807) is 0 Å². The molecule has 2 aliphatic rings. The molecule has 0 aliphatic heterocycles. The summed E-state index contributed by atoms with van der Waals surface area (Å²) in [6, 6.07) is 6.55. The molecule has 0 amide bonds. The summed E-state index contributed by atoms with van der Waals surface area (Å²) in [5.74, 6) is 2.79. The second-order valence-corrected chi connectivity index (χ2v) is 6.92. The minimum absolute atomic E-state index is 0.525. The Balaban J connectivity index is 1.70. The van der Waals surface area contributed by atoms with E-state index < -0.39 is 0 Å². The van der Waals surface area contributed by atoms with Crippen molar-refractivity contribution < 1.29 is 0 Å². The molecule has 18 heavy (non-hydrogen) atoms. The van der Waals surface area contributed by atoms with Gasteiger partial charge in [0.1, 0.15) is 0 Å². The molecule has 2 nitrogen and oxygen atoms in total. The van der Waals surface area contributed by atoms with E-state index in [4.69, 9.17) is 5.73 Å². The lowest BCUT2D eigenvalue weighted by molar-refractivity contribution is 0.304. The quantitative estimate of drug-likeness (QED) is 0.818. The van der Waals surface area contributed by atoms with Crippen molar-refractivity contribution in [3.8, 4) is 0 Å². The molecule has 3 N–H and O–H groups in total. The molecule has 2 bridgehead atoms. The van der Waals surface area contributed by atoms with Crippen LogP contribution >= 0.6 is 15.9 Å². The number of fused-ring (bicyclic) bond motifs is 2. The van der Waals surface area contributed by atoms with Gasteiger partial charge in [0.05, 0.1) is 11.4 Å². The van der Waals surface area contributed by atoms with Gasteiger partial charge >= 0.3 is 0 Å². The number of rotatable bonds is 3. The van der Waals surface area contributed by atoms with E-state index in [0.29, 0.717) is 6.04 Å². The van der Waals surface area contributed by atoms with Crippen molar-refractivity contribution in [1.29, 1.82) is 0 Å². The lowest BCUT2D eigenvalue weighted by Crippen LogP contribution is -2.30. The number of halogens is 1. The van der Waals surface area contributed by atoms with Crippen LogP contribution in [0.25, 0.3) is 0 Å². The molecule has 3 rings (SSSR count). The van der Waals surface area contributed by atoms with E-state index in [1.807, 2.05) is 12.1 Å². The van der Waals surface area contributed by atoms with Crippen LogP contribution < -0.4 is 11.1 Å². The lowest BCUT2D eigenvalue weighted by atomic mass is 9.84. The Bertz CT molecular complexity index is 446. The maximum absolute atomic E-state index is 6.03. The Labute approximate surface area is 117 Å². The van der Waals surface area contributed by atoms with Gasteiger partial charge in [-0.25, -0.2) is 0 Å². The number of benzene rings is 1. The largest absolute Gasteiger partial charge is 0.397 e. The number of hydrogen-bond acceptors (Lipinski definition) is 2. The van der Waals surface area contributed by atoms with Crippen LogP contribution in [0, 0.1) is 17.8 Å². The Morgan fingerprint density at radius 2 is 2.17 bits per heavy atom. The molecule has 2 saturated carbocycles. The number of nitrogens with one attached hydrogen (secondary N) is 1. The zero-order chi connectivity index (χ0) is 12.7. The third-order valence-electron chi connectivity index (χ3n) is 4.83. The second-order valence-electron chi connectivity index (χ2n) is 6.00. The topological polar surface area (TPSA) is 38.0 Å². The van der Waals surface area contributed by atoms with Crippen molar-refractivity contribution in [2.75, 3.05) is 11.1 Å². The summed E-state index contributed by atoms with van der Waals surface area (Å²) < 4.78 is 1.08. The van der Waals surface area contributed by atoms with Gasteiger partial charge in [-0.15, -0.1) is 0 Å². The molecule has 0 aromatic heterocycles. The SMILES string of the molecule is CC(Nc1cc(Br)ccc1N)C1CC2CCC1C2. The van der Waals surface area contributed by atoms with Gasteiger partial charge in [-0.05, 0) is 62.1 Å². The minimum Gasteiger partial charge on any atom is -0.397 e. The predicted molar refractivity (Wildman–Crippen MR) is 80.6 cm³/mol. The standard InChI is InChI=1S/C15H21BrN2/c1-9(13-7-10-2-3-11(13)6-10)18-15-8-12(16)4-5-14(15)17/h4-5,8-11,13,18H,2-3,6-7,17H2,1H3. The molecule has 98 valence electrons.